The van der Waals surface area contributed by atoms with E-state index in [0.717, 1.165) is 6.42 Å². The molecule has 4 nitrogen and oxygen atoms in total. The second-order valence-corrected chi connectivity index (χ2v) is 5.26. The van der Waals surface area contributed by atoms with Gasteiger partial charge in [0.05, 0.1) is 20.0 Å². The van der Waals surface area contributed by atoms with Crippen LogP contribution in [-0.4, -0.2) is 65.7 Å². The molecule has 4 aliphatic heterocycles. The first-order valence-electron chi connectivity index (χ1n) is 5.97. The Balaban J connectivity index is 1.72. The van der Waals surface area contributed by atoms with Gasteiger partial charge in [0.2, 0.25) is 0 Å². The predicted octanol–water partition coefficient (Wildman–Crippen LogP) is 0.461. The van der Waals surface area contributed by atoms with E-state index in [2.05, 4.69) is 33.8 Å². The molecule has 4 aliphatic rings. The monoisotopic (exact) mass is 209 g/mol. The second-order valence-electron chi connectivity index (χ2n) is 5.26. The number of hydrogen-bond acceptors (Lipinski definition) is 3. The minimum Gasteiger partial charge on any atom is -0.283 e. The van der Waals surface area contributed by atoms with Gasteiger partial charge in [-0.2, -0.15) is 0 Å². The van der Waals surface area contributed by atoms with Crippen LogP contribution in [0.3, 0.4) is 0 Å². The molecule has 0 aromatic heterocycles. The number of hydrogen-bond donors (Lipinski definition) is 0. The summed E-state index contributed by atoms with van der Waals surface area (Å²) in [6, 6.07) is 0. The summed E-state index contributed by atoms with van der Waals surface area (Å²) in [4.78, 5) is 7.70. The fourth-order valence-electron chi connectivity index (χ4n) is 3.30. The molecular formula is C11H21N4+. The van der Waals surface area contributed by atoms with Crippen LogP contribution in [0, 0.1) is 0 Å². The van der Waals surface area contributed by atoms with Crippen molar-refractivity contribution in [1.29, 1.82) is 0 Å². The molecule has 15 heavy (non-hydrogen) atoms. The summed E-state index contributed by atoms with van der Waals surface area (Å²) >= 11 is 0. The molecule has 0 amide bonds. The van der Waals surface area contributed by atoms with Crippen molar-refractivity contribution in [3.05, 3.63) is 12.2 Å². The van der Waals surface area contributed by atoms with E-state index < -0.39 is 0 Å². The molecule has 4 heterocycles. The first kappa shape index (κ1) is 9.78. The highest BCUT2D eigenvalue weighted by Crippen LogP contribution is 2.28. The van der Waals surface area contributed by atoms with Gasteiger partial charge in [-0.25, -0.2) is 14.7 Å². The van der Waals surface area contributed by atoms with Crippen LogP contribution in [0.15, 0.2) is 12.2 Å². The zero-order valence-electron chi connectivity index (χ0n) is 9.60. The van der Waals surface area contributed by atoms with Gasteiger partial charge in [0.25, 0.3) is 0 Å². The number of rotatable bonds is 3. The van der Waals surface area contributed by atoms with Crippen molar-refractivity contribution < 1.29 is 4.48 Å². The first-order valence-corrected chi connectivity index (χ1v) is 5.97. The summed E-state index contributed by atoms with van der Waals surface area (Å²) in [6.07, 6.45) is 5.84. The highest BCUT2D eigenvalue weighted by atomic mass is 15.7. The van der Waals surface area contributed by atoms with Crippen molar-refractivity contribution in [2.75, 3.05) is 46.6 Å². The lowest BCUT2D eigenvalue weighted by atomic mass is 10.2. The molecule has 0 radical (unpaired) electrons. The van der Waals surface area contributed by atoms with Crippen molar-refractivity contribution in [2.45, 2.75) is 13.3 Å². The topological polar surface area (TPSA) is 9.72 Å². The molecule has 4 saturated heterocycles. The minimum absolute atomic E-state index is 1.16. The summed E-state index contributed by atoms with van der Waals surface area (Å²) in [5.41, 5.74) is 0. The molecule has 4 rings (SSSR count). The Kier molecular flexibility index (Phi) is 2.32. The molecule has 0 aromatic carbocycles. The third-order valence-corrected chi connectivity index (χ3v) is 3.60. The van der Waals surface area contributed by atoms with Gasteiger partial charge in [-0.3, -0.25) is 4.48 Å². The average molecular weight is 209 g/mol. The molecule has 0 aromatic rings. The normalized spacial score (nSPS) is 47.9. The Bertz CT molecular complexity index is 238. The van der Waals surface area contributed by atoms with Gasteiger partial charge in [-0.1, -0.05) is 13.0 Å². The van der Waals surface area contributed by atoms with E-state index in [1.807, 2.05) is 0 Å². The van der Waals surface area contributed by atoms with E-state index in [-0.39, 0.29) is 0 Å². The van der Waals surface area contributed by atoms with Gasteiger partial charge in [0, 0.05) is 0 Å². The van der Waals surface area contributed by atoms with Crippen molar-refractivity contribution in [1.82, 2.24) is 14.7 Å². The largest absolute Gasteiger partial charge is 0.283 e. The van der Waals surface area contributed by atoms with E-state index in [0.29, 0.717) is 0 Å². The first-order chi connectivity index (χ1) is 7.30. The summed E-state index contributed by atoms with van der Waals surface area (Å²) in [5.74, 6) is 0. The standard InChI is InChI=1S/C11H21N4/c1-2-3-4-5-15-9-12-6-13(10-15)8-14(7-12)11-15/h3-4H,2,5-11H2,1H3/q+1/b4-3+. The summed E-state index contributed by atoms with van der Waals surface area (Å²) in [7, 11) is 0. The lowest BCUT2D eigenvalue weighted by Gasteiger charge is -2.60. The lowest BCUT2D eigenvalue weighted by Crippen LogP contribution is -2.79. The molecule has 0 unspecified atom stereocenters. The maximum absolute atomic E-state index is 2.57. The van der Waals surface area contributed by atoms with Crippen molar-refractivity contribution in [3.8, 4) is 0 Å². The number of allylic oxidation sites excluding steroid dienone is 1. The Hall–Kier alpha value is -0.420. The summed E-state index contributed by atoms with van der Waals surface area (Å²) < 4.78 is 1.23. The van der Waals surface area contributed by atoms with Crippen LogP contribution in [0.5, 0.6) is 0 Å². The molecule has 4 fully saturated rings. The van der Waals surface area contributed by atoms with Crippen LogP contribution in [0.25, 0.3) is 0 Å². The third-order valence-electron chi connectivity index (χ3n) is 3.60. The van der Waals surface area contributed by atoms with Crippen LogP contribution in [-0.2, 0) is 0 Å². The maximum atomic E-state index is 2.57. The van der Waals surface area contributed by atoms with E-state index in [1.165, 1.54) is 51.0 Å². The number of quaternary nitrogens is 1. The Morgan fingerprint density at radius 1 is 0.933 bits per heavy atom. The maximum Gasteiger partial charge on any atom is 0.139 e. The average Bonchev–Trinajstić information content (AvgIpc) is 2.15. The Morgan fingerprint density at radius 3 is 1.93 bits per heavy atom. The molecule has 84 valence electrons. The van der Waals surface area contributed by atoms with Gasteiger partial charge < -0.3 is 0 Å². The van der Waals surface area contributed by atoms with Gasteiger partial charge in [0.15, 0.2) is 0 Å². The third kappa shape index (κ3) is 1.72. The molecule has 0 atom stereocenters. The molecule has 0 N–H and O–H groups in total. The summed E-state index contributed by atoms with van der Waals surface area (Å²) in [6.45, 7) is 10.7. The molecule has 4 bridgehead atoms. The van der Waals surface area contributed by atoms with E-state index >= 15 is 0 Å². The quantitative estimate of drug-likeness (QED) is 0.494. The Labute approximate surface area is 91.9 Å². The molecule has 4 heteroatoms. The fraction of sp³-hybridized carbons (Fsp3) is 0.818. The molecule has 0 spiro atoms. The lowest BCUT2D eigenvalue weighted by molar-refractivity contribution is -0.975. The smallest absolute Gasteiger partial charge is 0.139 e. The van der Waals surface area contributed by atoms with Crippen LogP contribution in [0.4, 0.5) is 0 Å². The molecule has 0 aliphatic carbocycles. The second kappa shape index (κ2) is 3.56. The summed E-state index contributed by atoms with van der Waals surface area (Å²) in [5, 5.41) is 0. The van der Waals surface area contributed by atoms with Gasteiger partial charge in [-0.15, -0.1) is 0 Å². The van der Waals surface area contributed by atoms with Crippen LogP contribution in [0.2, 0.25) is 0 Å². The van der Waals surface area contributed by atoms with E-state index in [4.69, 9.17) is 0 Å². The van der Waals surface area contributed by atoms with Crippen LogP contribution in [0.1, 0.15) is 13.3 Å². The van der Waals surface area contributed by atoms with Crippen molar-refractivity contribution >= 4 is 0 Å². The van der Waals surface area contributed by atoms with Gasteiger partial charge in [-0.05, 0) is 12.5 Å². The van der Waals surface area contributed by atoms with E-state index in [1.54, 1.807) is 0 Å². The SMILES string of the molecule is CC/C=C/C[N+]12CN3CN(CN(C3)C1)C2. The minimum atomic E-state index is 1.16. The zero-order chi connectivity index (χ0) is 10.3. The van der Waals surface area contributed by atoms with E-state index in [9.17, 15) is 0 Å². The predicted molar refractivity (Wildman–Crippen MR) is 59.3 cm³/mol. The highest BCUT2D eigenvalue weighted by molar-refractivity contribution is 4.83. The van der Waals surface area contributed by atoms with Crippen LogP contribution < -0.4 is 0 Å². The Morgan fingerprint density at radius 2 is 1.47 bits per heavy atom. The van der Waals surface area contributed by atoms with Crippen molar-refractivity contribution in [2.24, 2.45) is 0 Å². The highest BCUT2D eigenvalue weighted by Gasteiger charge is 2.47. The van der Waals surface area contributed by atoms with Gasteiger partial charge >= 0.3 is 0 Å². The zero-order valence-corrected chi connectivity index (χ0v) is 9.60. The fourth-order valence-corrected chi connectivity index (χ4v) is 3.30. The van der Waals surface area contributed by atoms with Crippen LogP contribution >= 0.6 is 0 Å². The molecule has 0 saturated carbocycles. The van der Waals surface area contributed by atoms with Gasteiger partial charge in [0.1, 0.15) is 26.6 Å². The van der Waals surface area contributed by atoms with Crippen molar-refractivity contribution in [3.63, 3.8) is 0 Å². The molecular weight excluding hydrogens is 188 g/mol. The number of nitrogens with zero attached hydrogens (tertiary/aromatic N) is 4.